The number of rotatable bonds is 7. The van der Waals surface area contributed by atoms with Gasteiger partial charge in [0.25, 0.3) is 5.91 Å². The first-order valence-electron chi connectivity index (χ1n) is 9.02. The number of hydrogen-bond acceptors (Lipinski definition) is 3. The molecule has 1 heterocycles. The Bertz CT molecular complexity index is 970. The van der Waals surface area contributed by atoms with Crippen molar-refractivity contribution in [2.75, 3.05) is 11.9 Å². The maximum Gasteiger partial charge on any atom is 0.277 e. The lowest BCUT2D eigenvalue weighted by Gasteiger charge is -2.15. The summed E-state index contributed by atoms with van der Waals surface area (Å²) in [5.41, 5.74) is 4.27. The molecule has 1 aromatic heterocycles. The molecule has 1 amide bonds. The first-order valence-corrected chi connectivity index (χ1v) is 10.1. The second-order valence-corrected chi connectivity index (χ2v) is 8.00. The van der Waals surface area contributed by atoms with Gasteiger partial charge in [0.05, 0.1) is 23.5 Å². The minimum atomic E-state index is -0.489. The van der Waals surface area contributed by atoms with Crippen molar-refractivity contribution < 1.29 is 14.0 Å². The van der Waals surface area contributed by atoms with Gasteiger partial charge in [-0.25, -0.2) is 9.87 Å². The Morgan fingerprint density at radius 3 is 2.57 bits per heavy atom. The Morgan fingerprint density at radius 2 is 1.89 bits per heavy atom. The minimum absolute atomic E-state index is 0.183. The highest BCUT2D eigenvalue weighted by Gasteiger charge is 2.23. The Balaban J connectivity index is 1.64. The number of nitrogens with one attached hydrogen (secondary N) is 2. The lowest BCUT2D eigenvalue weighted by Crippen LogP contribution is -2.25. The van der Waals surface area contributed by atoms with Crippen LogP contribution >= 0.6 is 22.6 Å². The third kappa shape index (κ3) is 4.53. The van der Waals surface area contributed by atoms with Crippen molar-refractivity contribution in [1.82, 2.24) is 10.0 Å². The zero-order valence-corrected chi connectivity index (χ0v) is 17.1. The molecule has 5 nitrogen and oxygen atoms in total. The van der Waals surface area contributed by atoms with Gasteiger partial charge in [-0.2, -0.15) is 0 Å². The summed E-state index contributed by atoms with van der Waals surface area (Å²) in [6.07, 6.45) is 5.75. The molecule has 0 atom stereocenters. The van der Waals surface area contributed by atoms with Gasteiger partial charge in [-0.1, -0.05) is 0 Å². The number of hydrogen-bond donors (Lipinski definition) is 2. The molecule has 4 rings (SSSR count). The molecule has 1 saturated carbocycles. The molecular weight excluding hydrogens is 472 g/mol. The summed E-state index contributed by atoms with van der Waals surface area (Å²) >= 11 is 2.23. The number of anilines is 2. The van der Waals surface area contributed by atoms with Gasteiger partial charge in [0.1, 0.15) is 5.82 Å². The largest absolute Gasteiger partial charge is 0.355 e. The molecule has 2 aromatic carbocycles. The summed E-state index contributed by atoms with van der Waals surface area (Å²) in [4.78, 5) is 17.9. The van der Waals surface area contributed by atoms with E-state index in [-0.39, 0.29) is 5.56 Å². The van der Waals surface area contributed by atoms with Gasteiger partial charge < -0.3 is 9.88 Å². The van der Waals surface area contributed by atoms with E-state index in [1.165, 1.54) is 6.07 Å². The van der Waals surface area contributed by atoms with E-state index in [0.717, 1.165) is 22.1 Å². The first kappa shape index (κ1) is 18.9. The summed E-state index contributed by atoms with van der Waals surface area (Å²) in [5.74, 6) is -0.458. The molecule has 1 fully saturated rings. The van der Waals surface area contributed by atoms with Gasteiger partial charge in [-0.05, 0) is 89.9 Å². The number of aromatic nitrogens is 1. The molecular formula is C21H19FIN3O2. The predicted octanol–water partition coefficient (Wildman–Crippen LogP) is 5.04. The molecule has 0 saturated heterocycles. The number of carbonyl (C=O) groups excluding carboxylic acids is 1. The Morgan fingerprint density at radius 1 is 1.18 bits per heavy atom. The number of halogens is 2. The van der Waals surface area contributed by atoms with Crippen molar-refractivity contribution in [3.8, 4) is 5.69 Å². The van der Waals surface area contributed by atoms with Crippen molar-refractivity contribution >= 4 is 39.9 Å². The smallest absolute Gasteiger partial charge is 0.277 e. The van der Waals surface area contributed by atoms with Gasteiger partial charge >= 0.3 is 0 Å². The third-order valence-electron chi connectivity index (χ3n) is 4.52. The summed E-state index contributed by atoms with van der Waals surface area (Å²) in [5, 5.41) is 3.22. The standard InChI is InChI=1S/C21H19FIN3O2/c22-18-11-17(21(27)25-28-13-14-3-4-14)19(12-20(18)26-9-1-2-10-26)24-16-7-5-15(23)6-8-16/h1-2,5-12,14,24H,3-4,13H2,(H,25,27). The van der Waals surface area contributed by atoms with E-state index < -0.39 is 11.7 Å². The molecule has 0 bridgehead atoms. The van der Waals surface area contributed by atoms with Gasteiger partial charge in [-0.3, -0.25) is 9.63 Å². The lowest BCUT2D eigenvalue weighted by atomic mass is 10.1. The molecule has 144 valence electrons. The fraction of sp³-hybridized carbons (Fsp3) is 0.190. The third-order valence-corrected chi connectivity index (χ3v) is 5.24. The van der Waals surface area contributed by atoms with Crippen LogP contribution in [0.3, 0.4) is 0 Å². The summed E-state index contributed by atoms with van der Waals surface area (Å²) in [6, 6.07) is 14.2. The van der Waals surface area contributed by atoms with Crippen molar-refractivity contribution in [3.05, 3.63) is 75.9 Å². The number of nitrogens with zero attached hydrogens (tertiary/aromatic N) is 1. The molecule has 0 aliphatic heterocycles. The average molecular weight is 491 g/mol. The topological polar surface area (TPSA) is 55.3 Å². The van der Waals surface area contributed by atoms with Crippen LogP contribution in [0.15, 0.2) is 60.9 Å². The van der Waals surface area contributed by atoms with Crippen LogP contribution in [0.25, 0.3) is 5.69 Å². The van der Waals surface area contributed by atoms with Crippen LogP contribution in [0.2, 0.25) is 0 Å². The summed E-state index contributed by atoms with van der Waals surface area (Å²) in [7, 11) is 0. The monoisotopic (exact) mass is 491 g/mol. The molecule has 1 aliphatic carbocycles. The van der Waals surface area contributed by atoms with E-state index in [9.17, 15) is 9.18 Å². The van der Waals surface area contributed by atoms with E-state index in [1.807, 2.05) is 36.4 Å². The van der Waals surface area contributed by atoms with E-state index >= 15 is 0 Å². The molecule has 0 spiro atoms. The average Bonchev–Trinajstić information content (AvgIpc) is 3.35. The molecule has 7 heteroatoms. The van der Waals surface area contributed by atoms with Gasteiger partial charge in [0.15, 0.2) is 0 Å². The van der Waals surface area contributed by atoms with Crippen LogP contribution in [0.1, 0.15) is 23.2 Å². The van der Waals surface area contributed by atoms with Crippen molar-refractivity contribution in [3.63, 3.8) is 0 Å². The second-order valence-electron chi connectivity index (χ2n) is 6.76. The zero-order chi connectivity index (χ0) is 19.5. The number of hydroxylamine groups is 1. The molecule has 1 aliphatic rings. The van der Waals surface area contributed by atoms with Gasteiger partial charge in [-0.15, -0.1) is 0 Å². The molecule has 0 radical (unpaired) electrons. The van der Waals surface area contributed by atoms with Crippen LogP contribution in [-0.4, -0.2) is 17.1 Å². The van der Waals surface area contributed by atoms with Crippen LogP contribution in [0.4, 0.5) is 15.8 Å². The summed E-state index contributed by atoms with van der Waals surface area (Å²) < 4.78 is 17.5. The molecule has 2 N–H and O–H groups in total. The van der Waals surface area contributed by atoms with Crippen LogP contribution in [0.5, 0.6) is 0 Å². The quantitative estimate of drug-likeness (QED) is 0.360. The second kappa shape index (κ2) is 8.32. The van der Waals surface area contributed by atoms with Crippen LogP contribution in [0, 0.1) is 15.3 Å². The van der Waals surface area contributed by atoms with Crippen LogP contribution < -0.4 is 10.8 Å². The van der Waals surface area contributed by atoms with Gasteiger partial charge in [0.2, 0.25) is 0 Å². The van der Waals surface area contributed by atoms with E-state index in [4.69, 9.17) is 4.84 Å². The predicted molar refractivity (Wildman–Crippen MR) is 114 cm³/mol. The number of carbonyl (C=O) groups is 1. The maximum atomic E-state index is 14.7. The highest BCUT2D eigenvalue weighted by molar-refractivity contribution is 14.1. The van der Waals surface area contributed by atoms with E-state index in [0.29, 0.717) is 23.9 Å². The van der Waals surface area contributed by atoms with Gasteiger partial charge in [0, 0.05) is 21.7 Å². The van der Waals surface area contributed by atoms with Crippen LogP contribution in [-0.2, 0) is 4.84 Å². The van der Waals surface area contributed by atoms with E-state index in [2.05, 4.69) is 33.4 Å². The normalized spacial score (nSPS) is 13.4. The minimum Gasteiger partial charge on any atom is -0.355 e. The molecule has 0 unspecified atom stereocenters. The Kier molecular flexibility index (Phi) is 5.63. The highest BCUT2D eigenvalue weighted by atomic mass is 127. The van der Waals surface area contributed by atoms with Crippen molar-refractivity contribution in [2.45, 2.75) is 12.8 Å². The Hall–Kier alpha value is -2.39. The fourth-order valence-corrected chi connectivity index (χ4v) is 3.16. The zero-order valence-electron chi connectivity index (χ0n) is 15.0. The van der Waals surface area contributed by atoms with Crippen molar-refractivity contribution in [1.29, 1.82) is 0 Å². The molecule has 3 aromatic rings. The first-order chi connectivity index (χ1) is 13.6. The van der Waals surface area contributed by atoms with Crippen molar-refractivity contribution in [2.24, 2.45) is 5.92 Å². The molecule has 28 heavy (non-hydrogen) atoms. The number of benzene rings is 2. The maximum absolute atomic E-state index is 14.7. The van der Waals surface area contributed by atoms with E-state index in [1.54, 1.807) is 23.0 Å². The number of amides is 1. The Labute approximate surface area is 176 Å². The SMILES string of the molecule is O=C(NOCC1CC1)c1cc(F)c(-n2cccc2)cc1Nc1ccc(I)cc1. The lowest BCUT2D eigenvalue weighted by molar-refractivity contribution is 0.0270. The highest BCUT2D eigenvalue weighted by Crippen LogP contribution is 2.29. The fourth-order valence-electron chi connectivity index (χ4n) is 2.80. The summed E-state index contributed by atoms with van der Waals surface area (Å²) in [6.45, 7) is 0.482.